The standard InChI is InChI=1S/C32H60O4/c1-5-9-13-16-19-22-26-30(32(34)36-28-24-21-18-15-11-7-3)29(25-12-8-4)31(33)35-27-23-20-17-14-10-6-2/h5-28H2,1-4H3. The number of rotatable bonds is 26. The Labute approximate surface area is 224 Å². The SMILES string of the molecule is CCCCCCCCOC(=O)C(CCCC)=C(CCCCCCCC)C(=O)OCCCCCCCC. The number of hydrogen-bond acceptors (Lipinski definition) is 4. The van der Waals surface area contributed by atoms with Gasteiger partial charge in [0, 0.05) is 11.1 Å². The predicted molar refractivity (Wildman–Crippen MR) is 153 cm³/mol. The average Bonchev–Trinajstić information content (AvgIpc) is 2.88. The zero-order valence-corrected chi connectivity index (χ0v) is 24.6. The molecule has 0 atom stereocenters. The highest BCUT2D eigenvalue weighted by molar-refractivity contribution is 6.00. The first-order valence-corrected chi connectivity index (χ1v) is 15.7. The van der Waals surface area contributed by atoms with Crippen molar-refractivity contribution in [2.75, 3.05) is 13.2 Å². The number of ether oxygens (including phenoxy) is 2. The van der Waals surface area contributed by atoms with E-state index in [4.69, 9.17) is 9.47 Å². The van der Waals surface area contributed by atoms with Crippen molar-refractivity contribution in [3.05, 3.63) is 11.1 Å². The molecule has 0 heterocycles. The second-order valence-electron chi connectivity index (χ2n) is 10.4. The van der Waals surface area contributed by atoms with Crippen molar-refractivity contribution in [1.82, 2.24) is 0 Å². The van der Waals surface area contributed by atoms with Gasteiger partial charge >= 0.3 is 11.9 Å². The van der Waals surface area contributed by atoms with Crippen LogP contribution >= 0.6 is 0 Å². The van der Waals surface area contributed by atoms with Crippen molar-refractivity contribution >= 4 is 11.9 Å². The van der Waals surface area contributed by atoms with E-state index in [-0.39, 0.29) is 11.9 Å². The first kappa shape index (κ1) is 34.7. The second-order valence-corrected chi connectivity index (χ2v) is 10.4. The van der Waals surface area contributed by atoms with Gasteiger partial charge in [-0.05, 0) is 38.5 Å². The van der Waals surface area contributed by atoms with Gasteiger partial charge in [0.25, 0.3) is 0 Å². The first-order chi connectivity index (χ1) is 17.6. The van der Waals surface area contributed by atoms with Crippen molar-refractivity contribution in [1.29, 1.82) is 0 Å². The summed E-state index contributed by atoms with van der Waals surface area (Å²) in [4.78, 5) is 26.2. The summed E-state index contributed by atoms with van der Waals surface area (Å²) in [5, 5.41) is 0. The van der Waals surface area contributed by atoms with E-state index in [2.05, 4.69) is 27.7 Å². The topological polar surface area (TPSA) is 52.6 Å². The van der Waals surface area contributed by atoms with Gasteiger partial charge in [0.15, 0.2) is 0 Å². The second kappa shape index (κ2) is 26.7. The molecule has 212 valence electrons. The van der Waals surface area contributed by atoms with Gasteiger partial charge < -0.3 is 9.47 Å². The van der Waals surface area contributed by atoms with Gasteiger partial charge in [-0.2, -0.15) is 0 Å². The van der Waals surface area contributed by atoms with E-state index in [0.717, 1.165) is 51.4 Å². The molecule has 4 heteroatoms. The predicted octanol–water partition coefficient (Wildman–Crippen LogP) is 10.0. The average molecular weight is 509 g/mol. The van der Waals surface area contributed by atoms with Gasteiger partial charge in [0.2, 0.25) is 0 Å². The lowest BCUT2D eigenvalue weighted by atomic mass is 9.97. The largest absolute Gasteiger partial charge is 0.462 e. The maximum atomic E-state index is 13.1. The zero-order chi connectivity index (χ0) is 26.7. The van der Waals surface area contributed by atoms with E-state index in [1.807, 2.05) is 0 Å². The summed E-state index contributed by atoms with van der Waals surface area (Å²) in [5.41, 5.74) is 1.15. The van der Waals surface area contributed by atoms with Crippen molar-refractivity contribution in [2.24, 2.45) is 0 Å². The molecule has 0 saturated heterocycles. The third-order valence-corrected chi connectivity index (χ3v) is 6.88. The fraction of sp³-hybridized carbons (Fsp3) is 0.875. The molecule has 0 amide bonds. The fourth-order valence-corrected chi connectivity index (χ4v) is 4.46. The molecule has 0 N–H and O–H groups in total. The molecule has 0 aromatic carbocycles. The maximum absolute atomic E-state index is 13.1. The molecule has 4 nitrogen and oxygen atoms in total. The molecule has 0 radical (unpaired) electrons. The molecule has 0 aromatic heterocycles. The third-order valence-electron chi connectivity index (χ3n) is 6.88. The zero-order valence-electron chi connectivity index (χ0n) is 24.6. The Kier molecular flexibility index (Phi) is 25.8. The summed E-state index contributed by atoms with van der Waals surface area (Å²) in [6.07, 6.45) is 23.8. The van der Waals surface area contributed by atoms with Crippen molar-refractivity contribution in [3.63, 3.8) is 0 Å². The van der Waals surface area contributed by atoms with Gasteiger partial charge in [-0.3, -0.25) is 0 Å². The summed E-state index contributed by atoms with van der Waals surface area (Å²) < 4.78 is 11.4. The maximum Gasteiger partial charge on any atom is 0.334 e. The number of esters is 2. The summed E-state index contributed by atoms with van der Waals surface area (Å²) in [6.45, 7) is 9.65. The molecule has 0 bridgehead atoms. The first-order valence-electron chi connectivity index (χ1n) is 15.7. The molecule has 0 spiro atoms. The summed E-state index contributed by atoms with van der Waals surface area (Å²) in [7, 11) is 0. The van der Waals surface area contributed by atoms with Crippen molar-refractivity contribution < 1.29 is 19.1 Å². The Balaban J connectivity index is 5.06. The molecule has 0 aliphatic rings. The van der Waals surface area contributed by atoms with Crippen LogP contribution in [0.15, 0.2) is 11.1 Å². The number of hydrogen-bond donors (Lipinski definition) is 0. The summed E-state index contributed by atoms with van der Waals surface area (Å²) in [5.74, 6) is -0.589. The highest BCUT2D eigenvalue weighted by atomic mass is 16.5. The van der Waals surface area contributed by atoms with E-state index in [0.29, 0.717) is 37.2 Å². The van der Waals surface area contributed by atoms with Gasteiger partial charge in [0.05, 0.1) is 13.2 Å². The van der Waals surface area contributed by atoms with Crippen LogP contribution in [0.1, 0.15) is 169 Å². The minimum absolute atomic E-state index is 0.292. The van der Waals surface area contributed by atoms with Crippen LogP contribution in [0.3, 0.4) is 0 Å². The molecule has 36 heavy (non-hydrogen) atoms. The highest BCUT2D eigenvalue weighted by Gasteiger charge is 2.23. The van der Waals surface area contributed by atoms with Crippen LogP contribution in [-0.4, -0.2) is 25.2 Å². The van der Waals surface area contributed by atoms with Crippen LogP contribution in [0.4, 0.5) is 0 Å². The fourth-order valence-electron chi connectivity index (χ4n) is 4.46. The number of carbonyl (C=O) groups excluding carboxylic acids is 2. The van der Waals surface area contributed by atoms with E-state index >= 15 is 0 Å². The monoisotopic (exact) mass is 508 g/mol. The lowest BCUT2D eigenvalue weighted by Gasteiger charge is -2.15. The number of unbranched alkanes of at least 4 members (excludes halogenated alkanes) is 16. The van der Waals surface area contributed by atoms with Crippen LogP contribution in [0.25, 0.3) is 0 Å². The van der Waals surface area contributed by atoms with Crippen LogP contribution in [0.2, 0.25) is 0 Å². The molecule has 0 fully saturated rings. The number of carbonyl (C=O) groups is 2. The molecule has 0 saturated carbocycles. The van der Waals surface area contributed by atoms with Gasteiger partial charge in [-0.15, -0.1) is 0 Å². The Hall–Kier alpha value is -1.32. The van der Waals surface area contributed by atoms with E-state index < -0.39 is 0 Å². The quantitative estimate of drug-likeness (QED) is 0.0662. The van der Waals surface area contributed by atoms with Crippen molar-refractivity contribution in [2.45, 2.75) is 169 Å². The van der Waals surface area contributed by atoms with Gasteiger partial charge in [-0.25, -0.2) is 9.59 Å². The third kappa shape index (κ3) is 19.8. The lowest BCUT2D eigenvalue weighted by Crippen LogP contribution is -2.18. The van der Waals surface area contributed by atoms with Gasteiger partial charge in [0.1, 0.15) is 0 Å². The van der Waals surface area contributed by atoms with Crippen LogP contribution in [0, 0.1) is 0 Å². The van der Waals surface area contributed by atoms with E-state index in [1.54, 1.807) is 0 Å². The molecule has 0 aliphatic heterocycles. The lowest BCUT2D eigenvalue weighted by molar-refractivity contribution is -0.142. The molecule has 0 aliphatic carbocycles. The molecular formula is C32H60O4. The molecular weight excluding hydrogens is 448 g/mol. The minimum atomic E-state index is -0.297. The normalized spacial score (nSPS) is 11.9. The van der Waals surface area contributed by atoms with E-state index in [9.17, 15) is 9.59 Å². The Bertz CT molecular complexity index is 552. The molecule has 0 aromatic rings. The smallest absolute Gasteiger partial charge is 0.334 e. The highest BCUT2D eigenvalue weighted by Crippen LogP contribution is 2.23. The van der Waals surface area contributed by atoms with Gasteiger partial charge in [-0.1, -0.05) is 130 Å². The Morgan fingerprint density at radius 2 is 0.694 bits per heavy atom. The molecule has 0 rings (SSSR count). The van der Waals surface area contributed by atoms with E-state index in [1.165, 1.54) is 77.0 Å². The Morgan fingerprint density at radius 3 is 1.08 bits per heavy atom. The summed E-state index contributed by atoms with van der Waals surface area (Å²) in [6, 6.07) is 0. The van der Waals surface area contributed by atoms with Crippen LogP contribution in [-0.2, 0) is 19.1 Å². The van der Waals surface area contributed by atoms with Crippen LogP contribution in [0.5, 0.6) is 0 Å². The Morgan fingerprint density at radius 1 is 0.389 bits per heavy atom. The van der Waals surface area contributed by atoms with Crippen LogP contribution < -0.4 is 0 Å². The molecule has 0 unspecified atom stereocenters. The minimum Gasteiger partial charge on any atom is -0.462 e. The summed E-state index contributed by atoms with van der Waals surface area (Å²) >= 11 is 0. The van der Waals surface area contributed by atoms with Crippen molar-refractivity contribution in [3.8, 4) is 0 Å².